The molecule has 9 heteroatoms. The lowest BCUT2D eigenvalue weighted by Crippen LogP contribution is -2.32. The molecule has 144 valence electrons. The lowest BCUT2D eigenvalue weighted by atomic mass is 10.3. The molecule has 0 saturated carbocycles. The number of hydrogen-bond acceptors (Lipinski definition) is 7. The number of nitrogens with one attached hydrogen (secondary N) is 4. The van der Waals surface area contributed by atoms with E-state index in [1.165, 1.54) is 6.33 Å². The quantitative estimate of drug-likeness (QED) is 0.445. The first-order valence-corrected chi connectivity index (χ1v) is 8.66. The summed E-state index contributed by atoms with van der Waals surface area (Å²) >= 11 is 0. The van der Waals surface area contributed by atoms with Gasteiger partial charge in [-0.25, -0.2) is 19.7 Å². The number of methoxy groups -OCH3 is 1. The van der Waals surface area contributed by atoms with Gasteiger partial charge in [0.15, 0.2) is 0 Å². The molecular formula is C19H21N7O2. The van der Waals surface area contributed by atoms with E-state index in [0.29, 0.717) is 36.2 Å². The molecule has 0 spiro atoms. The molecule has 0 bridgehead atoms. The van der Waals surface area contributed by atoms with E-state index in [1.807, 2.05) is 18.2 Å². The second-order valence-corrected chi connectivity index (χ2v) is 5.66. The van der Waals surface area contributed by atoms with Crippen molar-refractivity contribution < 1.29 is 9.53 Å². The monoisotopic (exact) mass is 379 g/mol. The summed E-state index contributed by atoms with van der Waals surface area (Å²) in [6, 6.07) is 14.2. The molecule has 0 radical (unpaired) electrons. The van der Waals surface area contributed by atoms with Gasteiger partial charge in [-0.05, 0) is 36.4 Å². The van der Waals surface area contributed by atoms with Crippen LogP contribution in [0.2, 0.25) is 0 Å². The van der Waals surface area contributed by atoms with Crippen LogP contribution in [0, 0.1) is 0 Å². The second kappa shape index (κ2) is 9.72. The number of carbonyl (C=O) groups is 1. The number of carbonyl (C=O) groups excluding carboxylic acids is 1. The summed E-state index contributed by atoms with van der Waals surface area (Å²) < 4.78 is 5.08. The molecule has 0 aliphatic heterocycles. The van der Waals surface area contributed by atoms with Crippen LogP contribution < -0.4 is 26.0 Å². The maximum atomic E-state index is 11.9. The van der Waals surface area contributed by atoms with Crippen molar-refractivity contribution in [2.75, 3.05) is 36.1 Å². The van der Waals surface area contributed by atoms with Gasteiger partial charge in [0.25, 0.3) is 0 Å². The van der Waals surface area contributed by atoms with Crippen LogP contribution in [0.4, 0.5) is 27.9 Å². The molecule has 0 aliphatic rings. The van der Waals surface area contributed by atoms with Crippen LogP contribution in [0.1, 0.15) is 0 Å². The number of ether oxygens (including phenoxy) is 1. The van der Waals surface area contributed by atoms with Gasteiger partial charge in [-0.1, -0.05) is 6.07 Å². The molecule has 0 fully saturated rings. The Kier molecular flexibility index (Phi) is 6.56. The average molecular weight is 379 g/mol. The molecule has 2 heterocycles. The van der Waals surface area contributed by atoms with E-state index in [2.05, 4.69) is 36.2 Å². The van der Waals surface area contributed by atoms with Crippen molar-refractivity contribution in [3.63, 3.8) is 0 Å². The fourth-order valence-corrected chi connectivity index (χ4v) is 2.31. The molecule has 28 heavy (non-hydrogen) atoms. The highest BCUT2D eigenvalue weighted by Crippen LogP contribution is 2.15. The number of hydrogen-bond donors (Lipinski definition) is 4. The van der Waals surface area contributed by atoms with Crippen molar-refractivity contribution >= 4 is 29.2 Å². The predicted octanol–water partition coefficient (Wildman–Crippen LogP) is 2.86. The largest absolute Gasteiger partial charge is 0.497 e. The van der Waals surface area contributed by atoms with Gasteiger partial charge in [0.05, 0.1) is 7.11 Å². The number of aromatic nitrogens is 3. The first-order valence-electron chi connectivity index (χ1n) is 8.66. The molecular weight excluding hydrogens is 358 g/mol. The minimum absolute atomic E-state index is 0.285. The molecule has 1 aromatic carbocycles. The summed E-state index contributed by atoms with van der Waals surface area (Å²) in [5.74, 6) is 2.70. The van der Waals surface area contributed by atoms with Crippen molar-refractivity contribution in [2.24, 2.45) is 0 Å². The van der Waals surface area contributed by atoms with E-state index in [9.17, 15) is 4.79 Å². The van der Waals surface area contributed by atoms with Crippen LogP contribution in [0.15, 0.2) is 61.1 Å². The van der Waals surface area contributed by atoms with Gasteiger partial charge < -0.3 is 26.0 Å². The molecule has 2 amide bonds. The van der Waals surface area contributed by atoms with Crippen LogP contribution in [0.5, 0.6) is 5.75 Å². The van der Waals surface area contributed by atoms with E-state index in [1.54, 1.807) is 43.6 Å². The zero-order valence-electron chi connectivity index (χ0n) is 15.3. The van der Waals surface area contributed by atoms with Crippen molar-refractivity contribution in [1.82, 2.24) is 20.3 Å². The highest BCUT2D eigenvalue weighted by Gasteiger charge is 2.03. The lowest BCUT2D eigenvalue weighted by Gasteiger charge is -2.10. The number of benzene rings is 1. The maximum Gasteiger partial charge on any atom is 0.319 e. The lowest BCUT2D eigenvalue weighted by molar-refractivity contribution is 0.252. The summed E-state index contributed by atoms with van der Waals surface area (Å²) in [5.41, 5.74) is 0.687. The van der Waals surface area contributed by atoms with Gasteiger partial charge in [0.2, 0.25) is 0 Å². The third-order valence-electron chi connectivity index (χ3n) is 3.65. The van der Waals surface area contributed by atoms with Crippen molar-refractivity contribution in [1.29, 1.82) is 0 Å². The predicted molar refractivity (Wildman–Crippen MR) is 108 cm³/mol. The number of rotatable bonds is 8. The van der Waals surface area contributed by atoms with Crippen molar-refractivity contribution in [3.05, 3.63) is 61.1 Å². The molecule has 9 nitrogen and oxygen atoms in total. The average Bonchev–Trinajstić information content (AvgIpc) is 2.73. The topological polar surface area (TPSA) is 113 Å². The molecule has 2 aromatic heterocycles. The fourth-order valence-electron chi connectivity index (χ4n) is 2.31. The number of anilines is 4. The molecule has 0 aliphatic carbocycles. The normalized spacial score (nSPS) is 10.0. The Balaban J connectivity index is 1.41. The Labute approximate surface area is 162 Å². The minimum Gasteiger partial charge on any atom is -0.497 e. The fraction of sp³-hybridized carbons (Fsp3) is 0.158. The van der Waals surface area contributed by atoms with Crippen LogP contribution in [-0.2, 0) is 0 Å². The molecule has 4 N–H and O–H groups in total. The van der Waals surface area contributed by atoms with Crippen LogP contribution in [0.25, 0.3) is 0 Å². The van der Waals surface area contributed by atoms with E-state index < -0.39 is 0 Å². The third kappa shape index (κ3) is 5.84. The molecule has 3 rings (SSSR count). The molecule has 0 unspecified atom stereocenters. The van der Waals surface area contributed by atoms with E-state index >= 15 is 0 Å². The van der Waals surface area contributed by atoms with Crippen LogP contribution >= 0.6 is 0 Å². The third-order valence-corrected chi connectivity index (χ3v) is 3.65. The summed E-state index contributed by atoms with van der Waals surface area (Å²) in [7, 11) is 1.59. The molecule has 3 aromatic rings. The number of amides is 2. The first kappa shape index (κ1) is 18.9. The number of pyridine rings is 1. The summed E-state index contributed by atoms with van der Waals surface area (Å²) in [5, 5.41) is 11.8. The number of nitrogens with zero attached hydrogens (tertiary/aromatic N) is 3. The molecule has 0 saturated heterocycles. The van der Waals surface area contributed by atoms with Gasteiger partial charge in [0.1, 0.15) is 29.5 Å². The Morgan fingerprint density at radius 3 is 2.54 bits per heavy atom. The highest BCUT2D eigenvalue weighted by molar-refractivity contribution is 5.89. The zero-order chi connectivity index (χ0) is 19.6. The standard InChI is InChI=1S/C19H21N7O2/c1-28-15-7-5-14(6-8-15)25-19(27)22-11-10-21-17-12-18(24-13-23-17)26-16-4-2-3-9-20-16/h2-9,12-13H,10-11H2,1H3,(H2,22,25,27)(H2,20,21,23,24,26). The van der Waals surface area contributed by atoms with E-state index in [-0.39, 0.29) is 6.03 Å². The maximum absolute atomic E-state index is 11.9. The summed E-state index contributed by atoms with van der Waals surface area (Å²) in [6.45, 7) is 0.936. The SMILES string of the molecule is COc1ccc(NC(=O)NCCNc2cc(Nc3ccccn3)ncn2)cc1. The van der Waals surface area contributed by atoms with Crippen molar-refractivity contribution in [3.8, 4) is 5.75 Å². The Morgan fingerprint density at radius 2 is 1.79 bits per heavy atom. The van der Waals surface area contributed by atoms with Crippen LogP contribution in [-0.4, -0.2) is 41.2 Å². The first-order chi connectivity index (χ1) is 13.7. The molecule has 0 atom stereocenters. The van der Waals surface area contributed by atoms with Gasteiger partial charge in [-0.2, -0.15) is 0 Å². The Morgan fingerprint density at radius 1 is 0.964 bits per heavy atom. The van der Waals surface area contributed by atoms with E-state index in [4.69, 9.17) is 4.74 Å². The van der Waals surface area contributed by atoms with E-state index in [0.717, 1.165) is 5.75 Å². The van der Waals surface area contributed by atoms with Gasteiger partial charge in [-0.15, -0.1) is 0 Å². The Hall–Kier alpha value is -3.88. The smallest absolute Gasteiger partial charge is 0.319 e. The summed E-state index contributed by atoms with van der Waals surface area (Å²) in [4.78, 5) is 24.4. The number of urea groups is 1. The zero-order valence-corrected chi connectivity index (χ0v) is 15.3. The van der Waals surface area contributed by atoms with Crippen LogP contribution in [0.3, 0.4) is 0 Å². The van der Waals surface area contributed by atoms with Gasteiger partial charge in [0, 0.05) is 31.0 Å². The van der Waals surface area contributed by atoms with Gasteiger partial charge in [-0.3, -0.25) is 0 Å². The van der Waals surface area contributed by atoms with Gasteiger partial charge >= 0.3 is 6.03 Å². The Bertz CT molecular complexity index is 888. The minimum atomic E-state index is -0.285. The van der Waals surface area contributed by atoms with Crippen molar-refractivity contribution in [2.45, 2.75) is 0 Å². The summed E-state index contributed by atoms with van der Waals surface area (Å²) in [6.07, 6.45) is 3.16. The second-order valence-electron chi connectivity index (χ2n) is 5.66. The highest BCUT2D eigenvalue weighted by atomic mass is 16.5.